The molecule has 1 nitrogen and oxygen atoms in total. The van der Waals surface area contributed by atoms with E-state index in [0.717, 1.165) is 10.0 Å². The molecule has 18 heavy (non-hydrogen) atoms. The number of benzene rings is 2. The van der Waals surface area contributed by atoms with E-state index in [9.17, 15) is 5.11 Å². The highest BCUT2D eigenvalue weighted by Crippen LogP contribution is 2.19. The normalized spacial score (nSPS) is 12.4. The van der Waals surface area contributed by atoms with Crippen LogP contribution in [0.3, 0.4) is 0 Å². The molecule has 0 saturated carbocycles. The summed E-state index contributed by atoms with van der Waals surface area (Å²) in [5, 5.41) is 10.1. The van der Waals surface area contributed by atoms with Crippen molar-refractivity contribution in [1.82, 2.24) is 0 Å². The van der Waals surface area contributed by atoms with Crippen LogP contribution in [0.4, 0.5) is 0 Å². The molecule has 0 fully saturated rings. The monoisotopic (exact) mass is 416 g/mol. The summed E-state index contributed by atoms with van der Waals surface area (Å²) in [5.41, 5.74) is 2.32. The Balaban J connectivity index is 1.99. The van der Waals surface area contributed by atoms with E-state index >= 15 is 0 Å². The van der Waals surface area contributed by atoms with Gasteiger partial charge in [0.05, 0.1) is 6.10 Å². The summed E-state index contributed by atoms with van der Waals surface area (Å²) < 4.78 is 2.28. The summed E-state index contributed by atoms with van der Waals surface area (Å²) >= 11 is 5.79. The third kappa shape index (κ3) is 4.07. The van der Waals surface area contributed by atoms with Crippen molar-refractivity contribution in [2.45, 2.75) is 18.9 Å². The van der Waals surface area contributed by atoms with Gasteiger partial charge in [-0.25, -0.2) is 0 Å². The Kier molecular flexibility index (Phi) is 5.21. The summed E-state index contributed by atoms with van der Waals surface area (Å²) in [6, 6.07) is 16.3. The van der Waals surface area contributed by atoms with E-state index in [1.54, 1.807) is 0 Å². The van der Waals surface area contributed by atoms with Crippen molar-refractivity contribution in [3.63, 3.8) is 0 Å². The van der Waals surface area contributed by atoms with Gasteiger partial charge in [0.15, 0.2) is 0 Å². The van der Waals surface area contributed by atoms with Gasteiger partial charge >= 0.3 is 0 Å². The van der Waals surface area contributed by atoms with Gasteiger partial charge in [-0.2, -0.15) is 0 Å². The van der Waals surface area contributed by atoms with Crippen LogP contribution in [0.1, 0.15) is 11.1 Å². The fourth-order valence-electron chi connectivity index (χ4n) is 1.88. The number of halogens is 2. The first-order valence-electron chi connectivity index (χ1n) is 5.81. The Morgan fingerprint density at radius 3 is 2.33 bits per heavy atom. The lowest BCUT2D eigenvalue weighted by Gasteiger charge is -2.12. The molecule has 0 amide bonds. The molecule has 0 aliphatic heterocycles. The van der Waals surface area contributed by atoms with Crippen molar-refractivity contribution < 1.29 is 5.11 Å². The van der Waals surface area contributed by atoms with E-state index in [1.807, 2.05) is 24.3 Å². The number of aliphatic hydroxyl groups excluding tert-OH is 1. The van der Waals surface area contributed by atoms with Crippen LogP contribution in [0.2, 0.25) is 0 Å². The zero-order chi connectivity index (χ0) is 13.0. The molecular weight excluding hydrogens is 403 g/mol. The largest absolute Gasteiger partial charge is 0.392 e. The average Bonchev–Trinajstić information content (AvgIpc) is 2.35. The molecule has 0 aliphatic rings. The quantitative estimate of drug-likeness (QED) is 0.740. The molecule has 0 heterocycles. The van der Waals surface area contributed by atoms with E-state index in [0.29, 0.717) is 12.8 Å². The van der Waals surface area contributed by atoms with Crippen LogP contribution in [0.15, 0.2) is 53.0 Å². The van der Waals surface area contributed by atoms with Crippen LogP contribution in [-0.4, -0.2) is 11.2 Å². The predicted octanol–water partition coefficient (Wildman–Crippen LogP) is 4.20. The molecule has 94 valence electrons. The van der Waals surface area contributed by atoms with Gasteiger partial charge in [0, 0.05) is 8.04 Å². The first-order valence-corrected chi connectivity index (χ1v) is 7.68. The zero-order valence-electron chi connectivity index (χ0n) is 9.81. The Labute approximate surface area is 130 Å². The molecule has 3 heteroatoms. The maximum Gasteiger partial charge on any atom is 0.0621 e. The van der Waals surface area contributed by atoms with Gasteiger partial charge in [0.25, 0.3) is 0 Å². The van der Waals surface area contributed by atoms with E-state index in [1.165, 1.54) is 9.13 Å². The Hall–Kier alpha value is -0.390. The fourth-order valence-corrected chi connectivity index (χ4v) is 2.69. The molecule has 2 rings (SSSR count). The number of rotatable bonds is 4. The minimum Gasteiger partial charge on any atom is -0.392 e. The van der Waals surface area contributed by atoms with Crippen molar-refractivity contribution in [1.29, 1.82) is 0 Å². The van der Waals surface area contributed by atoms with Gasteiger partial charge < -0.3 is 5.11 Å². The van der Waals surface area contributed by atoms with Crippen LogP contribution in [0.5, 0.6) is 0 Å². The summed E-state index contributed by atoms with van der Waals surface area (Å²) in [5.74, 6) is 0. The maximum atomic E-state index is 10.1. The first-order chi connectivity index (χ1) is 8.65. The fraction of sp³-hybridized carbons (Fsp3) is 0.200. The van der Waals surface area contributed by atoms with Crippen LogP contribution in [0.25, 0.3) is 0 Å². The molecule has 0 bridgehead atoms. The van der Waals surface area contributed by atoms with E-state index in [-0.39, 0.29) is 6.10 Å². The molecule has 0 aromatic heterocycles. The van der Waals surface area contributed by atoms with Gasteiger partial charge in [-0.3, -0.25) is 0 Å². The van der Waals surface area contributed by atoms with Gasteiger partial charge in [0.1, 0.15) is 0 Å². The van der Waals surface area contributed by atoms with E-state index in [4.69, 9.17) is 0 Å². The number of aliphatic hydroxyl groups is 1. The lowest BCUT2D eigenvalue weighted by molar-refractivity contribution is 0.175. The van der Waals surface area contributed by atoms with Gasteiger partial charge in [-0.15, -0.1) is 0 Å². The van der Waals surface area contributed by atoms with Crippen LogP contribution < -0.4 is 0 Å². The standard InChI is InChI=1S/C15H14BrIO/c16-15-4-2-1-3-12(15)10-14(18)9-11-5-7-13(17)8-6-11/h1-8,14,18H,9-10H2. The lowest BCUT2D eigenvalue weighted by Crippen LogP contribution is -2.14. The lowest BCUT2D eigenvalue weighted by atomic mass is 10.0. The molecule has 2 aromatic carbocycles. The van der Waals surface area contributed by atoms with Crippen molar-refractivity contribution in [2.24, 2.45) is 0 Å². The summed E-state index contributed by atoms with van der Waals surface area (Å²) in [6.07, 6.45) is 1.02. The highest BCUT2D eigenvalue weighted by molar-refractivity contribution is 14.1. The average molecular weight is 417 g/mol. The van der Waals surface area contributed by atoms with E-state index in [2.05, 4.69) is 62.8 Å². The van der Waals surface area contributed by atoms with E-state index < -0.39 is 0 Å². The highest BCUT2D eigenvalue weighted by atomic mass is 127. The SMILES string of the molecule is OC(Cc1ccc(I)cc1)Cc1ccccc1Br. The molecule has 1 atom stereocenters. The molecule has 2 aromatic rings. The topological polar surface area (TPSA) is 20.2 Å². The Morgan fingerprint density at radius 2 is 1.67 bits per heavy atom. The first kappa shape index (κ1) is 14.0. The molecule has 0 aliphatic carbocycles. The zero-order valence-corrected chi connectivity index (χ0v) is 13.6. The summed E-state index contributed by atoms with van der Waals surface area (Å²) in [4.78, 5) is 0. The number of hydrogen-bond acceptors (Lipinski definition) is 1. The third-order valence-electron chi connectivity index (χ3n) is 2.80. The molecule has 0 saturated heterocycles. The van der Waals surface area contributed by atoms with Crippen molar-refractivity contribution in [2.75, 3.05) is 0 Å². The van der Waals surface area contributed by atoms with Gasteiger partial charge in [-0.05, 0) is 64.8 Å². The van der Waals surface area contributed by atoms with Gasteiger partial charge in [-0.1, -0.05) is 46.3 Å². The molecule has 0 spiro atoms. The van der Waals surface area contributed by atoms with Crippen molar-refractivity contribution >= 4 is 38.5 Å². The molecule has 1 N–H and O–H groups in total. The minimum absolute atomic E-state index is 0.344. The van der Waals surface area contributed by atoms with Gasteiger partial charge in [0.2, 0.25) is 0 Å². The highest BCUT2D eigenvalue weighted by Gasteiger charge is 2.08. The second-order valence-corrected chi connectivity index (χ2v) is 6.38. The van der Waals surface area contributed by atoms with Crippen molar-refractivity contribution in [3.8, 4) is 0 Å². The van der Waals surface area contributed by atoms with Crippen LogP contribution in [-0.2, 0) is 12.8 Å². The third-order valence-corrected chi connectivity index (χ3v) is 4.29. The van der Waals surface area contributed by atoms with Crippen LogP contribution >= 0.6 is 38.5 Å². The Bertz CT molecular complexity index is 510. The Morgan fingerprint density at radius 1 is 1.00 bits per heavy atom. The molecular formula is C15H14BrIO. The second-order valence-electron chi connectivity index (χ2n) is 4.28. The van der Waals surface area contributed by atoms with Crippen molar-refractivity contribution in [3.05, 3.63) is 67.7 Å². The van der Waals surface area contributed by atoms with Crippen LogP contribution in [0, 0.1) is 3.57 Å². The predicted molar refractivity (Wildman–Crippen MR) is 86.7 cm³/mol. The number of hydrogen-bond donors (Lipinski definition) is 1. The summed E-state index contributed by atoms with van der Waals surface area (Å²) in [6.45, 7) is 0. The molecule has 0 radical (unpaired) electrons. The maximum absolute atomic E-state index is 10.1. The smallest absolute Gasteiger partial charge is 0.0621 e. The summed E-state index contributed by atoms with van der Waals surface area (Å²) in [7, 11) is 0. The second kappa shape index (κ2) is 6.68. The molecule has 1 unspecified atom stereocenters. The minimum atomic E-state index is -0.344.